The maximum Gasteiger partial charge on any atom is 0.164 e. The minimum absolute atomic E-state index is 0.0347. The Morgan fingerprint density at radius 3 is 2.73 bits per heavy atom. The standard InChI is InChI=1S/C19H19ClN4O2/c1-13(26)18-17(22-16-4-2-3-15(20)11-16)12-24(9-10-25)23-19(18)14-5-7-21-8-6-14/h2-8,11-12,22-23,25H,9-10H2,1H3. The topological polar surface area (TPSA) is 77.5 Å². The van der Waals surface area contributed by atoms with Crippen LogP contribution in [-0.2, 0) is 4.79 Å². The number of pyridine rings is 1. The second-order valence-electron chi connectivity index (χ2n) is 5.75. The van der Waals surface area contributed by atoms with Crippen LogP contribution >= 0.6 is 11.6 Å². The third-order valence-electron chi connectivity index (χ3n) is 3.83. The first-order valence-electron chi connectivity index (χ1n) is 8.13. The molecule has 1 aliphatic rings. The monoisotopic (exact) mass is 370 g/mol. The average molecular weight is 371 g/mol. The summed E-state index contributed by atoms with van der Waals surface area (Å²) < 4.78 is 0. The number of nitrogens with one attached hydrogen (secondary N) is 2. The van der Waals surface area contributed by atoms with Gasteiger partial charge in [0.2, 0.25) is 0 Å². The van der Waals surface area contributed by atoms with Crippen molar-refractivity contribution in [1.29, 1.82) is 0 Å². The molecule has 1 aliphatic heterocycles. The van der Waals surface area contributed by atoms with Crippen molar-refractivity contribution in [1.82, 2.24) is 15.4 Å². The molecule has 0 spiro atoms. The van der Waals surface area contributed by atoms with Crippen LogP contribution in [0, 0.1) is 0 Å². The van der Waals surface area contributed by atoms with E-state index >= 15 is 0 Å². The van der Waals surface area contributed by atoms with E-state index in [1.165, 1.54) is 6.92 Å². The van der Waals surface area contributed by atoms with E-state index in [-0.39, 0.29) is 12.4 Å². The lowest BCUT2D eigenvalue weighted by molar-refractivity contribution is -0.113. The number of aliphatic hydroxyl groups is 1. The number of aliphatic hydroxyl groups excluding tert-OH is 1. The molecule has 0 unspecified atom stereocenters. The molecule has 1 aromatic carbocycles. The number of aromatic nitrogens is 1. The van der Waals surface area contributed by atoms with Gasteiger partial charge in [0.05, 0.1) is 30.1 Å². The van der Waals surface area contributed by atoms with Crippen LogP contribution in [0.4, 0.5) is 5.69 Å². The molecule has 3 N–H and O–H groups in total. The summed E-state index contributed by atoms with van der Waals surface area (Å²) in [6, 6.07) is 10.9. The van der Waals surface area contributed by atoms with Gasteiger partial charge in [0.15, 0.2) is 5.78 Å². The fourth-order valence-electron chi connectivity index (χ4n) is 2.72. The van der Waals surface area contributed by atoms with Crippen LogP contribution in [0.25, 0.3) is 5.70 Å². The normalized spacial score (nSPS) is 14.0. The highest BCUT2D eigenvalue weighted by Crippen LogP contribution is 2.28. The Morgan fingerprint density at radius 1 is 1.31 bits per heavy atom. The quantitative estimate of drug-likeness (QED) is 0.725. The predicted molar refractivity (Wildman–Crippen MR) is 102 cm³/mol. The SMILES string of the molecule is CC(=O)C1=C(c2ccncc2)NN(CCO)C=C1Nc1cccc(Cl)c1. The number of rotatable bonds is 6. The fraction of sp³-hybridized carbons (Fsp3) is 0.158. The van der Waals surface area contributed by atoms with Crippen LogP contribution in [-0.4, -0.2) is 34.0 Å². The predicted octanol–water partition coefficient (Wildman–Crippen LogP) is 2.80. The molecule has 2 aromatic rings. The van der Waals surface area contributed by atoms with E-state index in [9.17, 15) is 9.90 Å². The van der Waals surface area contributed by atoms with Crippen molar-refractivity contribution in [3.05, 3.63) is 76.8 Å². The van der Waals surface area contributed by atoms with Crippen LogP contribution in [0.2, 0.25) is 5.02 Å². The highest BCUT2D eigenvalue weighted by molar-refractivity contribution is 6.30. The molecule has 0 radical (unpaired) electrons. The van der Waals surface area contributed by atoms with Crippen molar-refractivity contribution < 1.29 is 9.90 Å². The Kier molecular flexibility index (Phi) is 5.55. The summed E-state index contributed by atoms with van der Waals surface area (Å²) in [5.41, 5.74) is 6.58. The molecule has 6 nitrogen and oxygen atoms in total. The lowest BCUT2D eigenvalue weighted by Crippen LogP contribution is -2.40. The van der Waals surface area contributed by atoms with E-state index in [1.807, 2.05) is 24.3 Å². The van der Waals surface area contributed by atoms with Crippen LogP contribution in [0.15, 0.2) is 66.3 Å². The Morgan fingerprint density at radius 2 is 2.08 bits per heavy atom. The first kappa shape index (κ1) is 18.0. The second-order valence-corrected chi connectivity index (χ2v) is 6.19. The highest BCUT2D eigenvalue weighted by Gasteiger charge is 2.24. The molecule has 0 bridgehead atoms. The number of halogens is 1. The van der Waals surface area contributed by atoms with Gasteiger partial charge in [-0.05, 0) is 37.3 Å². The van der Waals surface area contributed by atoms with Gasteiger partial charge in [-0.3, -0.25) is 20.2 Å². The van der Waals surface area contributed by atoms with Gasteiger partial charge in [-0.25, -0.2) is 0 Å². The van der Waals surface area contributed by atoms with Crippen LogP contribution in [0.5, 0.6) is 0 Å². The van der Waals surface area contributed by atoms with Gasteiger partial charge in [0.1, 0.15) is 0 Å². The van der Waals surface area contributed by atoms with Crippen molar-refractivity contribution in [3.8, 4) is 0 Å². The Bertz CT molecular complexity index is 865. The molecular weight excluding hydrogens is 352 g/mol. The average Bonchev–Trinajstić information content (AvgIpc) is 2.62. The van der Waals surface area contributed by atoms with Crippen LogP contribution < -0.4 is 10.7 Å². The molecular formula is C19H19ClN4O2. The van der Waals surface area contributed by atoms with Gasteiger partial charge in [-0.1, -0.05) is 17.7 Å². The van der Waals surface area contributed by atoms with E-state index in [0.717, 1.165) is 11.3 Å². The number of allylic oxidation sites excluding steroid dienone is 1. The lowest BCUT2D eigenvalue weighted by atomic mass is 10.0. The summed E-state index contributed by atoms with van der Waals surface area (Å²) >= 11 is 6.06. The van der Waals surface area contributed by atoms with Crippen molar-refractivity contribution in [2.75, 3.05) is 18.5 Å². The summed E-state index contributed by atoms with van der Waals surface area (Å²) in [5, 5.41) is 14.9. The number of hydrogen-bond acceptors (Lipinski definition) is 6. The molecule has 0 atom stereocenters. The van der Waals surface area contributed by atoms with Crippen molar-refractivity contribution in [3.63, 3.8) is 0 Å². The summed E-state index contributed by atoms with van der Waals surface area (Å²) in [6.07, 6.45) is 5.10. The smallest absolute Gasteiger partial charge is 0.164 e. The molecule has 3 rings (SSSR count). The molecule has 26 heavy (non-hydrogen) atoms. The molecule has 7 heteroatoms. The summed E-state index contributed by atoms with van der Waals surface area (Å²) in [7, 11) is 0. The number of Topliss-reactive ketones (excluding diaryl/α,β-unsaturated/α-hetero) is 1. The second kappa shape index (κ2) is 8.03. The highest BCUT2D eigenvalue weighted by atomic mass is 35.5. The van der Waals surface area contributed by atoms with Crippen molar-refractivity contribution in [2.45, 2.75) is 6.92 Å². The molecule has 2 heterocycles. The third kappa shape index (κ3) is 4.04. The maximum atomic E-state index is 12.4. The van der Waals surface area contributed by atoms with E-state index in [2.05, 4.69) is 15.7 Å². The van der Waals surface area contributed by atoms with E-state index in [0.29, 0.717) is 28.5 Å². The molecule has 134 valence electrons. The number of ketones is 1. The van der Waals surface area contributed by atoms with Crippen molar-refractivity contribution >= 4 is 28.8 Å². The van der Waals surface area contributed by atoms with Gasteiger partial charge >= 0.3 is 0 Å². The molecule has 1 aromatic heterocycles. The van der Waals surface area contributed by atoms with Gasteiger partial charge in [-0.2, -0.15) is 0 Å². The van der Waals surface area contributed by atoms with Gasteiger partial charge in [0.25, 0.3) is 0 Å². The number of nitrogens with zero attached hydrogens (tertiary/aromatic N) is 2. The zero-order valence-electron chi connectivity index (χ0n) is 14.2. The zero-order valence-corrected chi connectivity index (χ0v) is 15.0. The molecule has 0 fully saturated rings. The van der Waals surface area contributed by atoms with Crippen LogP contribution in [0.1, 0.15) is 12.5 Å². The minimum atomic E-state index is -0.0891. The largest absolute Gasteiger partial charge is 0.394 e. The summed E-state index contributed by atoms with van der Waals surface area (Å²) in [5.74, 6) is -0.0891. The lowest BCUT2D eigenvalue weighted by Gasteiger charge is -2.32. The zero-order chi connectivity index (χ0) is 18.5. The summed E-state index contributed by atoms with van der Waals surface area (Å²) in [4.78, 5) is 16.5. The number of hydrogen-bond donors (Lipinski definition) is 3. The number of β-amino-alcohol motifs (C(OH)–C–C–N with tert-alkyl or cyclic N) is 1. The van der Waals surface area contributed by atoms with E-state index in [1.54, 1.807) is 35.7 Å². The third-order valence-corrected chi connectivity index (χ3v) is 4.06. The first-order chi connectivity index (χ1) is 12.6. The van der Waals surface area contributed by atoms with E-state index in [4.69, 9.17) is 11.6 Å². The number of benzene rings is 1. The molecule has 0 saturated carbocycles. The number of carbonyl (C=O) groups excluding carboxylic acids is 1. The van der Waals surface area contributed by atoms with Gasteiger partial charge in [-0.15, -0.1) is 0 Å². The van der Waals surface area contributed by atoms with Gasteiger partial charge in [0, 0.05) is 34.9 Å². The Balaban J connectivity index is 2.07. The maximum absolute atomic E-state index is 12.4. The molecule has 0 saturated heterocycles. The number of hydrazine groups is 1. The fourth-order valence-corrected chi connectivity index (χ4v) is 2.91. The molecule has 0 amide bonds. The number of anilines is 1. The van der Waals surface area contributed by atoms with Crippen molar-refractivity contribution in [2.24, 2.45) is 0 Å². The number of carbonyl (C=O) groups is 1. The van der Waals surface area contributed by atoms with Crippen LogP contribution in [0.3, 0.4) is 0 Å². The molecule has 0 aliphatic carbocycles. The van der Waals surface area contributed by atoms with Gasteiger partial charge < -0.3 is 10.4 Å². The Labute approximate surface area is 156 Å². The van der Waals surface area contributed by atoms with E-state index < -0.39 is 0 Å². The minimum Gasteiger partial charge on any atom is -0.394 e. The Hall–Kier alpha value is -2.83. The first-order valence-corrected chi connectivity index (χ1v) is 8.51. The summed E-state index contributed by atoms with van der Waals surface area (Å²) in [6.45, 7) is 1.85.